The van der Waals surface area contributed by atoms with Crippen LogP contribution in [0.4, 0.5) is 14.9 Å². The predicted octanol–water partition coefficient (Wildman–Crippen LogP) is 2.38. The average molecular weight is 312 g/mol. The van der Waals surface area contributed by atoms with Crippen molar-refractivity contribution in [1.82, 2.24) is 15.3 Å². The van der Waals surface area contributed by atoms with Gasteiger partial charge in [0.05, 0.1) is 17.2 Å². The first-order valence-corrected chi connectivity index (χ1v) is 6.88. The van der Waals surface area contributed by atoms with Crippen LogP contribution in [0.3, 0.4) is 0 Å². The van der Waals surface area contributed by atoms with Gasteiger partial charge in [0.25, 0.3) is 5.56 Å². The van der Waals surface area contributed by atoms with Crippen LogP contribution in [0.5, 0.6) is 0 Å². The van der Waals surface area contributed by atoms with Gasteiger partial charge in [0.2, 0.25) is 0 Å². The van der Waals surface area contributed by atoms with Crippen molar-refractivity contribution in [1.29, 1.82) is 0 Å². The zero-order chi connectivity index (χ0) is 16.2. The summed E-state index contributed by atoms with van der Waals surface area (Å²) in [5.41, 5.74) is 1.56. The quantitative estimate of drug-likeness (QED) is 0.694. The van der Waals surface area contributed by atoms with E-state index in [4.69, 9.17) is 0 Å². The van der Waals surface area contributed by atoms with Gasteiger partial charge < -0.3 is 15.6 Å². The minimum absolute atomic E-state index is 0.234. The van der Waals surface area contributed by atoms with Crippen LogP contribution < -0.4 is 16.2 Å². The second-order valence-corrected chi connectivity index (χ2v) is 4.90. The fourth-order valence-corrected chi connectivity index (χ4v) is 2.11. The molecule has 0 radical (unpaired) electrons. The van der Waals surface area contributed by atoms with Crippen LogP contribution in [0.25, 0.3) is 10.9 Å². The molecule has 0 unspecified atom stereocenters. The van der Waals surface area contributed by atoms with E-state index in [9.17, 15) is 14.0 Å². The van der Waals surface area contributed by atoms with Crippen molar-refractivity contribution in [2.24, 2.45) is 0 Å². The molecule has 6 nitrogen and oxygen atoms in total. The Hall–Kier alpha value is -3.22. The van der Waals surface area contributed by atoms with Crippen LogP contribution >= 0.6 is 0 Å². The highest BCUT2D eigenvalue weighted by Crippen LogP contribution is 2.13. The van der Waals surface area contributed by atoms with Gasteiger partial charge in [0.1, 0.15) is 5.82 Å². The molecule has 0 saturated carbocycles. The average Bonchev–Trinajstić information content (AvgIpc) is 2.54. The van der Waals surface area contributed by atoms with E-state index in [0.29, 0.717) is 16.6 Å². The van der Waals surface area contributed by atoms with Crippen molar-refractivity contribution < 1.29 is 9.18 Å². The van der Waals surface area contributed by atoms with Gasteiger partial charge in [-0.15, -0.1) is 0 Å². The highest BCUT2D eigenvalue weighted by Gasteiger charge is 2.05. The molecule has 0 bridgehead atoms. The SMILES string of the molecule is O=C(NCc1ccc(F)cc1)Nc1ccc2c(=O)[nH]cnc2c1. The number of hydrogen-bond acceptors (Lipinski definition) is 3. The third-order valence-corrected chi connectivity index (χ3v) is 3.27. The normalized spacial score (nSPS) is 10.5. The van der Waals surface area contributed by atoms with E-state index < -0.39 is 6.03 Å². The number of halogens is 1. The molecule has 1 heterocycles. The van der Waals surface area contributed by atoms with Gasteiger partial charge in [0.15, 0.2) is 0 Å². The first-order valence-electron chi connectivity index (χ1n) is 6.88. The number of carbonyl (C=O) groups excluding carboxylic acids is 1. The number of aromatic nitrogens is 2. The van der Waals surface area contributed by atoms with Gasteiger partial charge in [-0.05, 0) is 35.9 Å². The van der Waals surface area contributed by atoms with E-state index in [1.165, 1.54) is 18.5 Å². The van der Waals surface area contributed by atoms with Crippen molar-refractivity contribution in [2.45, 2.75) is 6.54 Å². The van der Waals surface area contributed by atoms with E-state index in [2.05, 4.69) is 20.6 Å². The summed E-state index contributed by atoms with van der Waals surface area (Å²) in [6.45, 7) is 0.275. The summed E-state index contributed by atoms with van der Waals surface area (Å²) in [6, 6.07) is 10.3. The number of rotatable bonds is 3. The zero-order valence-corrected chi connectivity index (χ0v) is 12.0. The number of anilines is 1. The molecular formula is C16H13FN4O2. The number of aromatic amines is 1. The Kier molecular flexibility index (Phi) is 4.01. The van der Waals surface area contributed by atoms with Crippen LogP contribution in [0, 0.1) is 5.82 Å². The molecule has 116 valence electrons. The van der Waals surface area contributed by atoms with Crippen molar-refractivity contribution in [2.75, 3.05) is 5.32 Å². The first kappa shape index (κ1) is 14.7. The lowest BCUT2D eigenvalue weighted by molar-refractivity contribution is 0.251. The van der Waals surface area contributed by atoms with Gasteiger partial charge in [-0.2, -0.15) is 0 Å². The number of fused-ring (bicyclic) bond motifs is 1. The van der Waals surface area contributed by atoms with Crippen LogP contribution in [-0.2, 0) is 6.54 Å². The zero-order valence-electron chi connectivity index (χ0n) is 12.0. The van der Waals surface area contributed by atoms with Crippen molar-refractivity contribution in [3.8, 4) is 0 Å². The third-order valence-electron chi connectivity index (χ3n) is 3.27. The molecule has 2 aromatic carbocycles. The monoisotopic (exact) mass is 312 g/mol. The Morgan fingerprint density at radius 2 is 1.96 bits per heavy atom. The number of H-pyrrole nitrogens is 1. The molecule has 0 atom stereocenters. The number of nitrogens with zero attached hydrogens (tertiary/aromatic N) is 1. The van der Waals surface area contributed by atoms with Gasteiger partial charge in [-0.3, -0.25) is 4.79 Å². The lowest BCUT2D eigenvalue weighted by Crippen LogP contribution is -2.28. The summed E-state index contributed by atoms with van der Waals surface area (Å²) in [7, 11) is 0. The van der Waals surface area contributed by atoms with Gasteiger partial charge in [-0.1, -0.05) is 12.1 Å². The fraction of sp³-hybridized carbons (Fsp3) is 0.0625. The lowest BCUT2D eigenvalue weighted by Gasteiger charge is -2.08. The molecule has 0 spiro atoms. The van der Waals surface area contributed by atoms with Crippen molar-refractivity contribution in [3.63, 3.8) is 0 Å². The lowest BCUT2D eigenvalue weighted by atomic mass is 10.2. The number of benzene rings is 2. The smallest absolute Gasteiger partial charge is 0.319 e. The molecule has 0 saturated heterocycles. The maximum Gasteiger partial charge on any atom is 0.319 e. The third kappa shape index (κ3) is 3.52. The van der Waals surface area contributed by atoms with Crippen molar-refractivity contribution in [3.05, 3.63) is 70.5 Å². The Labute approximate surface area is 130 Å². The molecule has 1 aromatic heterocycles. The van der Waals surface area contributed by atoms with E-state index in [-0.39, 0.29) is 17.9 Å². The maximum atomic E-state index is 12.8. The molecule has 23 heavy (non-hydrogen) atoms. The Bertz CT molecular complexity index is 906. The minimum atomic E-state index is -0.404. The Morgan fingerprint density at radius 1 is 1.17 bits per heavy atom. The van der Waals surface area contributed by atoms with Crippen molar-refractivity contribution >= 4 is 22.6 Å². The minimum Gasteiger partial charge on any atom is -0.334 e. The van der Waals surface area contributed by atoms with Gasteiger partial charge >= 0.3 is 6.03 Å². The molecule has 3 aromatic rings. The molecule has 2 amide bonds. The molecule has 0 aliphatic heterocycles. The highest BCUT2D eigenvalue weighted by molar-refractivity contribution is 5.92. The fourth-order valence-electron chi connectivity index (χ4n) is 2.11. The van der Waals surface area contributed by atoms with E-state index in [0.717, 1.165) is 5.56 Å². The van der Waals surface area contributed by atoms with Crippen LogP contribution in [0.15, 0.2) is 53.6 Å². The Morgan fingerprint density at radius 3 is 2.74 bits per heavy atom. The molecular weight excluding hydrogens is 299 g/mol. The summed E-state index contributed by atoms with van der Waals surface area (Å²) < 4.78 is 12.8. The predicted molar refractivity (Wildman–Crippen MR) is 84.6 cm³/mol. The van der Waals surface area contributed by atoms with E-state index >= 15 is 0 Å². The van der Waals surface area contributed by atoms with Crippen LogP contribution in [-0.4, -0.2) is 16.0 Å². The highest BCUT2D eigenvalue weighted by atomic mass is 19.1. The molecule has 0 aliphatic rings. The topological polar surface area (TPSA) is 86.9 Å². The molecule has 0 fully saturated rings. The largest absolute Gasteiger partial charge is 0.334 e. The number of carbonyl (C=O) groups is 1. The summed E-state index contributed by atoms with van der Waals surface area (Å²) in [4.78, 5) is 30.0. The number of nitrogens with one attached hydrogen (secondary N) is 3. The molecule has 0 aliphatic carbocycles. The van der Waals surface area contributed by atoms with E-state index in [1.54, 1.807) is 30.3 Å². The second kappa shape index (κ2) is 6.27. The van der Waals surface area contributed by atoms with Crippen LogP contribution in [0.1, 0.15) is 5.56 Å². The van der Waals surface area contributed by atoms with Gasteiger partial charge in [0, 0.05) is 12.2 Å². The summed E-state index contributed by atoms with van der Waals surface area (Å²) in [6.07, 6.45) is 1.31. The summed E-state index contributed by atoms with van der Waals surface area (Å²) in [5, 5.41) is 5.77. The maximum absolute atomic E-state index is 12.8. The summed E-state index contributed by atoms with van der Waals surface area (Å²) in [5.74, 6) is -0.322. The summed E-state index contributed by atoms with van der Waals surface area (Å²) >= 11 is 0. The standard InChI is InChI=1S/C16H13FN4O2/c17-11-3-1-10(2-4-11)8-18-16(23)21-12-5-6-13-14(7-12)19-9-20-15(13)22/h1-7,9H,8H2,(H2,18,21,23)(H,19,20,22). The molecule has 3 rings (SSSR count). The number of urea groups is 1. The first-order chi connectivity index (χ1) is 11.1. The number of hydrogen-bond donors (Lipinski definition) is 3. The molecule has 7 heteroatoms. The van der Waals surface area contributed by atoms with E-state index in [1.807, 2.05) is 0 Å². The van der Waals surface area contributed by atoms with Crippen LogP contribution in [0.2, 0.25) is 0 Å². The van der Waals surface area contributed by atoms with Gasteiger partial charge in [-0.25, -0.2) is 14.2 Å². The number of amides is 2. The Balaban J connectivity index is 1.65. The second-order valence-electron chi connectivity index (χ2n) is 4.90. The molecule has 3 N–H and O–H groups in total.